The predicted molar refractivity (Wildman–Crippen MR) is 225 cm³/mol. The molecule has 3 amide bonds. The number of urea groups is 1. The lowest BCUT2D eigenvalue weighted by Crippen LogP contribution is -2.50. The molecule has 0 aliphatic carbocycles. The predicted octanol–water partition coefficient (Wildman–Crippen LogP) is 6.34. The Labute approximate surface area is 333 Å². The van der Waals surface area contributed by atoms with Crippen molar-refractivity contribution in [2.45, 2.75) is 39.7 Å². The van der Waals surface area contributed by atoms with Crippen LogP contribution in [0.4, 0.5) is 33.5 Å². The van der Waals surface area contributed by atoms with Crippen molar-refractivity contribution in [2.24, 2.45) is 5.92 Å². The number of imide groups is 1. The molecule has 13 heteroatoms. The van der Waals surface area contributed by atoms with E-state index in [0.717, 1.165) is 108 Å². The number of rotatable bonds is 9. The number of aromatic nitrogens is 3. The fourth-order valence-electron chi connectivity index (χ4n) is 8.66. The Balaban J connectivity index is 0.733. The summed E-state index contributed by atoms with van der Waals surface area (Å²) < 4.78 is 5.72. The van der Waals surface area contributed by atoms with Crippen molar-refractivity contribution < 1.29 is 14.3 Å². The maximum atomic E-state index is 12.4. The van der Waals surface area contributed by atoms with Crippen molar-refractivity contribution in [2.75, 3.05) is 85.9 Å². The highest BCUT2D eigenvalue weighted by Gasteiger charge is 2.27. The number of hydrogen-bond acceptors (Lipinski definition) is 11. The number of fused-ring (bicyclic) bond motifs is 2. The average Bonchev–Trinajstić information content (AvgIpc) is 3.23. The lowest BCUT2D eigenvalue weighted by atomic mass is 9.95. The zero-order chi connectivity index (χ0) is 38.9. The molecule has 0 atom stereocenters. The fourth-order valence-corrected chi connectivity index (χ4v) is 8.66. The zero-order valence-corrected chi connectivity index (χ0v) is 32.8. The molecule has 3 N–H and O–H groups in total. The molecule has 5 aromatic rings. The van der Waals surface area contributed by atoms with E-state index in [1.54, 1.807) is 4.90 Å². The summed E-state index contributed by atoms with van der Waals surface area (Å²) in [4.78, 5) is 47.3. The number of carbonyl (C=O) groups excluding carboxylic acids is 2. The van der Waals surface area contributed by atoms with Crippen LogP contribution in [0.3, 0.4) is 0 Å². The Hall–Kier alpha value is -5.79. The molecule has 4 aliphatic heterocycles. The zero-order valence-electron chi connectivity index (χ0n) is 32.8. The number of nitrogens with one attached hydrogen (secondary N) is 3. The van der Waals surface area contributed by atoms with Crippen LogP contribution < -0.4 is 30.5 Å². The summed E-state index contributed by atoms with van der Waals surface area (Å²) in [6, 6.07) is 20.9. The Kier molecular flexibility index (Phi) is 10.3. The third-order valence-corrected chi connectivity index (χ3v) is 11.9. The van der Waals surface area contributed by atoms with Crippen molar-refractivity contribution in [1.82, 2.24) is 30.1 Å². The highest BCUT2D eigenvalue weighted by atomic mass is 16.5. The van der Waals surface area contributed by atoms with E-state index in [4.69, 9.17) is 9.72 Å². The topological polar surface area (TPSA) is 131 Å². The van der Waals surface area contributed by atoms with E-state index in [-0.39, 0.29) is 11.9 Å². The van der Waals surface area contributed by atoms with E-state index in [1.165, 1.54) is 30.6 Å². The van der Waals surface area contributed by atoms with Gasteiger partial charge in [0.1, 0.15) is 12.3 Å². The second kappa shape index (κ2) is 16.0. The van der Waals surface area contributed by atoms with E-state index in [9.17, 15) is 9.59 Å². The van der Waals surface area contributed by atoms with Crippen molar-refractivity contribution in [3.8, 4) is 17.0 Å². The van der Waals surface area contributed by atoms with Gasteiger partial charge in [0.25, 0.3) is 0 Å². The van der Waals surface area contributed by atoms with Gasteiger partial charge in [0.05, 0.1) is 5.52 Å². The Morgan fingerprint density at radius 2 is 1.68 bits per heavy atom. The maximum absolute atomic E-state index is 12.4. The fraction of sp³-hybridized carbons (Fsp3) is 0.386. The molecule has 57 heavy (non-hydrogen) atoms. The number of anilines is 5. The molecule has 9 rings (SSSR count). The first-order valence-electron chi connectivity index (χ1n) is 20.2. The van der Waals surface area contributed by atoms with E-state index in [0.29, 0.717) is 31.4 Å². The SMILES string of the molecule is Cc1cc(N2CCN(CC3CCN(Cc4ccc(Nc5ncc6ccc(-c7cnc8c(c7C)NCCO8)cc6n5)cc4)CC3)CC2)ccc1N1CCC(=O)NC1=O. The number of hydrogen-bond donors (Lipinski definition) is 3. The second-order valence-electron chi connectivity index (χ2n) is 15.8. The number of piperazine rings is 1. The summed E-state index contributed by atoms with van der Waals surface area (Å²) in [5.41, 5.74) is 10.5. The first kappa shape index (κ1) is 36.8. The molecule has 3 aromatic carbocycles. The van der Waals surface area contributed by atoms with Crippen LogP contribution in [0.25, 0.3) is 22.0 Å². The van der Waals surface area contributed by atoms with Crippen LogP contribution in [0.2, 0.25) is 0 Å². The third kappa shape index (κ3) is 8.08. The summed E-state index contributed by atoms with van der Waals surface area (Å²) in [7, 11) is 0. The molecule has 0 unspecified atom stereocenters. The molecule has 0 bridgehead atoms. The molecule has 0 spiro atoms. The van der Waals surface area contributed by atoms with Gasteiger partial charge in [-0.2, -0.15) is 0 Å². The minimum Gasteiger partial charge on any atom is -0.474 e. The quantitative estimate of drug-likeness (QED) is 0.156. The molecule has 13 nitrogen and oxygen atoms in total. The molecule has 3 saturated heterocycles. The van der Waals surface area contributed by atoms with Crippen molar-refractivity contribution >= 4 is 51.5 Å². The Bertz CT molecular complexity index is 2280. The lowest BCUT2D eigenvalue weighted by molar-refractivity contribution is -0.120. The normalized spacial score (nSPS) is 18.2. The van der Waals surface area contributed by atoms with Crippen LogP contribution in [0.5, 0.6) is 5.88 Å². The number of pyridine rings is 1. The van der Waals surface area contributed by atoms with E-state index in [2.05, 4.69) is 102 Å². The van der Waals surface area contributed by atoms with Crippen LogP contribution in [0, 0.1) is 19.8 Å². The summed E-state index contributed by atoms with van der Waals surface area (Å²) >= 11 is 0. The standard InChI is InChI=1S/C44H50N10O3/c1-29-23-36(9-10-39(29)54-17-13-40(55)50-44(54)56)53-20-18-52(19-21-53)28-32-11-15-51(16-12-32)27-31-3-7-35(8-4-31)48-43-47-25-34-6-5-33(24-38(34)49-43)37-26-46-42-41(30(37)2)45-14-22-57-42/h3-10,23-26,32,45H,11-22,27-28H2,1-2H3,(H,47,48,49)(H,50,55,56). The van der Waals surface area contributed by atoms with Crippen LogP contribution in [-0.4, -0.2) is 102 Å². The van der Waals surface area contributed by atoms with E-state index in [1.807, 2.05) is 25.4 Å². The first-order valence-corrected chi connectivity index (χ1v) is 20.2. The van der Waals surface area contributed by atoms with Crippen molar-refractivity contribution in [3.63, 3.8) is 0 Å². The van der Waals surface area contributed by atoms with Crippen LogP contribution in [-0.2, 0) is 11.3 Å². The molecular weight excluding hydrogens is 717 g/mol. The molecule has 3 fully saturated rings. The van der Waals surface area contributed by atoms with Gasteiger partial charge in [-0.15, -0.1) is 0 Å². The number of amides is 3. The smallest absolute Gasteiger partial charge is 0.328 e. The van der Waals surface area contributed by atoms with Crippen molar-refractivity contribution in [3.05, 3.63) is 89.7 Å². The number of benzene rings is 3. The molecule has 294 valence electrons. The molecule has 4 aliphatic rings. The monoisotopic (exact) mass is 766 g/mol. The van der Waals surface area contributed by atoms with Gasteiger partial charge in [-0.05, 0) is 104 Å². The average molecular weight is 767 g/mol. The van der Waals surface area contributed by atoms with Gasteiger partial charge in [0.15, 0.2) is 0 Å². The number of aryl methyl sites for hydroxylation is 1. The molecule has 0 saturated carbocycles. The first-order chi connectivity index (χ1) is 27.8. The second-order valence-corrected chi connectivity index (χ2v) is 15.8. The number of nitrogens with zero attached hydrogens (tertiary/aromatic N) is 7. The van der Waals surface area contributed by atoms with Gasteiger partial charge in [0, 0.05) is 99.2 Å². The maximum Gasteiger partial charge on any atom is 0.328 e. The van der Waals surface area contributed by atoms with Crippen molar-refractivity contribution in [1.29, 1.82) is 0 Å². The van der Waals surface area contributed by atoms with Gasteiger partial charge in [-0.25, -0.2) is 19.7 Å². The number of likely N-dealkylation sites (tertiary alicyclic amines) is 1. The minimum absolute atomic E-state index is 0.209. The van der Waals surface area contributed by atoms with Gasteiger partial charge in [0.2, 0.25) is 17.7 Å². The number of ether oxygens (including phenoxy) is 1. The Morgan fingerprint density at radius 3 is 2.47 bits per heavy atom. The van der Waals surface area contributed by atoms with Gasteiger partial charge in [-0.3, -0.25) is 24.8 Å². The minimum atomic E-state index is -0.336. The number of carbonyl (C=O) groups is 2. The van der Waals surface area contributed by atoms with Crippen LogP contribution in [0.1, 0.15) is 36.0 Å². The molecular formula is C44H50N10O3. The largest absolute Gasteiger partial charge is 0.474 e. The highest BCUT2D eigenvalue weighted by Crippen LogP contribution is 2.36. The van der Waals surface area contributed by atoms with Crippen LogP contribution >= 0.6 is 0 Å². The number of piperidine rings is 1. The van der Waals surface area contributed by atoms with Gasteiger partial charge in [-0.1, -0.05) is 24.3 Å². The van der Waals surface area contributed by atoms with Gasteiger partial charge < -0.3 is 20.3 Å². The molecule has 2 aromatic heterocycles. The summed E-state index contributed by atoms with van der Waals surface area (Å²) in [5, 5.41) is 10.2. The summed E-state index contributed by atoms with van der Waals surface area (Å²) in [6.45, 7) is 14.4. The Morgan fingerprint density at radius 1 is 0.860 bits per heavy atom. The lowest BCUT2D eigenvalue weighted by Gasteiger charge is -2.40. The third-order valence-electron chi connectivity index (χ3n) is 11.9. The van der Waals surface area contributed by atoms with Gasteiger partial charge >= 0.3 is 6.03 Å². The highest BCUT2D eigenvalue weighted by molar-refractivity contribution is 6.06. The summed E-state index contributed by atoms with van der Waals surface area (Å²) in [6.07, 6.45) is 6.54. The van der Waals surface area contributed by atoms with E-state index < -0.39 is 0 Å². The molecule has 6 heterocycles. The summed E-state index contributed by atoms with van der Waals surface area (Å²) in [5.74, 6) is 1.75. The van der Waals surface area contributed by atoms with Crippen LogP contribution in [0.15, 0.2) is 73.1 Å². The van der Waals surface area contributed by atoms with E-state index >= 15 is 0 Å². The molecule has 0 radical (unpaired) electrons.